The lowest BCUT2D eigenvalue weighted by atomic mass is 10.0. The van der Waals surface area contributed by atoms with Crippen molar-refractivity contribution < 1.29 is 37.3 Å². The molecule has 1 N–H and O–H groups in total. The van der Waals surface area contributed by atoms with Crippen LogP contribution in [0.25, 0.3) is 0 Å². The molecule has 0 aromatic heterocycles. The molecule has 9 nitrogen and oxygen atoms in total. The van der Waals surface area contributed by atoms with Gasteiger partial charge in [0.1, 0.15) is 19.3 Å². The lowest BCUT2D eigenvalue weighted by molar-refractivity contribution is -0.870. The Hall–Kier alpha value is -4.11. The lowest BCUT2D eigenvalue weighted by Gasteiger charge is -2.30. The van der Waals surface area contributed by atoms with Gasteiger partial charge in [0.25, 0.3) is 7.82 Å². The van der Waals surface area contributed by atoms with Crippen LogP contribution < -0.4 is 10.2 Å². The molecule has 89 heavy (non-hydrogen) atoms. The molecule has 1 amide bonds. The molecule has 0 saturated carbocycles. The van der Waals surface area contributed by atoms with E-state index in [2.05, 4.69) is 160 Å². The van der Waals surface area contributed by atoms with E-state index in [1.54, 1.807) is 0 Å². The van der Waals surface area contributed by atoms with Crippen molar-refractivity contribution in [2.45, 2.75) is 303 Å². The van der Waals surface area contributed by atoms with Gasteiger partial charge in [0.15, 0.2) is 0 Å². The third-order valence-corrected chi connectivity index (χ3v) is 16.2. The zero-order valence-corrected chi connectivity index (χ0v) is 59.0. The minimum Gasteiger partial charge on any atom is -0.756 e. The molecule has 0 aliphatic carbocycles. The summed E-state index contributed by atoms with van der Waals surface area (Å²) >= 11 is 0. The number of likely N-dealkylation sites (N-methyl/N-ethyl adjacent to an activating group) is 1. The molecule has 0 aromatic rings. The second kappa shape index (κ2) is 66.8. The molecule has 0 saturated heterocycles. The highest BCUT2D eigenvalue weighted by molar-refractivity contribution is 7.45. The molecule has 0 aliphatic heterocycles. The minimum atomic E-state index is -4.72. The summed E-state index contributed by atoms with van der Waals surface area (Å²) in [4.78, 5) is 40.3. The van der Waals surface area contributed by atoms with E-state index in [0.29, 0.717) is 23.9 Å². The Morgan fingerprint density at radius 3 is 1.08 bits per heavy atom. The van der Waals surface area contributed by atoms with Crippen LogP contribution in [-0.4, -0.2) is 69.4 Å². The number of esters is 1. The third kappa shape index (κ3) is 68.1. The molecule has 3 unspecified atom stereocenters. The highest BCUT2D eigenvalue weighted by Gasteiger charge is 2.27. The number of allylic oxidation sites excluding steroid dienone is 23. The Kier molecular flexibility index (Phi) is 63.7. The molecule has 0 spiro atoms. The van der Waals surface area contributed by atoms with Gasteiger partial charge >= 0.3 is 5.97 Å². The summed E-state index contributed by atoms with van der Waals surface area (Å²) in [5, 5.41) is 3.04. The lowest BCUT2D eigenvalue weighted by Crippen LogP contribution is -2.47. The van der Waals surface area contributed by atoms with E-state index in [4.69, 9.17) is 13.8 Å². The maximum atomic E-state index is 13.6. The van der Waals surface area contributed by atoms with Gasteiger partial charge in [-0.25, -0.2) is 0 Å². The summed E-state index contributed by atoms with van der Waals surface area (Å²) in [6, 6.07) is -0.911. The SMILES string of the molecule is CC/C=C\C/C=C\C/C=C\C/C=C\C/C=C\C/C=C\CCCCCCCCC(=O)OC(/C=C/CCCCCCCCCCCCC)C(COP(=O)([O-])OCC[N+](C)(C)C)NC(=O)CCCCCCCCCCC/C=C\C/C=C\C/C=C\C/C=C\C/C=C\CC. The second-order valence-corrected chi connectivity index (χ2v) is 26.4. The molecular formula is C79H135N2O7P. The summed E-state index contributed by atoms with van der Waals surface area (Å²) < 4.78 is 30.5. The largest absolute Gasteiger partial charge is 0.756 e. The normalized spacial score (nSPS) is 14.4. The van der Waals surface area contributed by atoms with Crippen LogP contribution in [0.4, 0.5) is 0 Å². The molecule has 10 heteroatoms. The zero-order chi connectivity index (χ0) is 64.9. The van der Waals surface area contributed by atoms with Crippen LogP contribution in [0.5, 0.6) is 0 Å². The smallest absolute Gasteiger partial charge is 0.306 e. The Labute approximate surface area is 548 Å². The number of ether oxygens (including phenoxy) is 1. The van der Waals surface area contributed by atoms with E-state index in [1.807, 2.05) is 33.3 Å². The number of carbonyl (C=O) groups excluding carboxylic acids is 2. The number of unbranched alkanes of at least 4 members (excludes halogenated alkanes) is 26. The summed E-state index contributed by atoms with van der Waals surface area (Å²) in [6.45, 7) is 6.61. The first-order valence-electron chi connectivity index (χ1n) is 36.1. The van der Waals surface area contributed by atoms with Crippen LogP contribution in [0.1, 0.15) is 290 Å². The number of phosphoric acid groups is 1. The van der Waals surface area contributed by atoms with Crippen molar-refractivity contribution in [3.8, 4) is 0 Å². The van der Waals surface area contributed by atoms with Gasteiger partial charge < -0.3 is 28.5 Å². The number of quaternary nitrogens is 1. The number of amides is 1. The predicted molar refractivity (Wildman–Crippen MR) is 385 cm³/mol. The number of nitrogens with zero attached hydrogens (tertiary/aromatic N) is 1. The van der Waals surface area contributed by atoms with Crippen LogP contribution in [0, 0.1) is 0 Å². The summed E-state index contributed by atoms with van der Waals surface area (Å²) in [5.74, 6) is -0.570. The number of carbonyl (C=O) groups is 2. The quantitative estimate of drug-likeness (QED) is 0.0212. The first-order valence-corrected chi connectivity index (χ1v) is 37.6. The average molecular weight is 1260 g/mol. The van der Waals surface area contributed by atoms with Gasteiger partial charge in [-0.1, -0.05) is 295 Å². The highest BCUT2D eigenvalue weighted by atomic mass is 31.2. The fourth-order valence-corrected chi connectivity index (χ4v) is 10.5. The zero-order valence-electron chi connectivity index (χ0n) is 58.1. The molecule has 0 radical (unpaired) electrons. The van der Waals surface area contributed by atoms with Crippen molar-refractivity contribution in [2.24, 2.45) is 0 Å². The molecule has 0 aliphatic rings. The van der Waals surface area contributed by atoms with Crippen LogP contribution in [-0.2, 0) is 27.9 Å². The topological polar surface area (TPSA) is 114 Å². The van der Waals surface area contributed by atoms with Crippen molar-refractivity contribution in [3.63, 3.8) is 0 Å². The van der Waals surface area contributed by atoms with Crippen LogP contribution in [0.3, 0.4) is 0 Å². The maximum Gasteiger partial charge on any atom is 0.306 e. The fourth-order valence-electron chi connectivity index (χ4n) is 9.79. The van der Waals surface area contributed by atoms with Crippen LogP contribution in [0.15, 0.2) is 146 Å². The summed E-state index contributed by atoms with van der Waals surface area (Å²) in [7, 11) is 1.15. The molecule has 0 bridgehead atoms. The van der Waals surface area contributed by atoms with E-state index in [1.165, 1.54) is 89.9 Å². The van der Waals surface area contributed by atoms with Gasteiger partial charge in [0, 0.05) is 12.8 Å². The second-order valence-electron chi connectivity index (χ2n) is 25.0. The summed E-state index contributed by atoms with van der Waals surface area (Å²) in [6.07, 6.45) is 96.8. The van der Waals surface area contributed by atoms with Crippen molar-refractivity contribution in [1.29, 1.82) is 0 Å². The molecule has 0 heterocycles. The van der Waals surface area contributed by atoms with Crippen LogP contribution >= 0.6 is 7.82 Å². The van der Waals surface area contributed by atoms with Crippen molar-refractivity contribution in [3.05, 3.63) is 146 Å². The fraction of sp³-hybridized carbons (Fsp3) is 0.671. The minimum absolute atomic E-state index is 0.0339. The monoisotopic (exact) mass is 1260 g/mol. The highest BCUT2D eigenvalue weighted by Crippen LogP contribution is 2.38. The molecule has 0 aromatic carbocycles. The third-order valence-electron chi connectivity index (χ3n) is 15.3. The van der Waals surface area contributed by atoms with E-state index in [0.717, 1.165) is 161 Å². The number of hydrogen-bond acceptors (Lipinski definition) is 7. The standard InChI is InChI=1S/C79H135N2O7P/c1-7-10-13-16-19-22-25-28-30-32-34-36-38-40-42-44-46-48-50-53-56-59-62-65-68-71-78(82)80-76(75-87-89(84,85)86-74-73-81(4,5)6)77(70-67-64-61-58-55-52-27-24-21-18-15-12-9-3)88-79(83)72-69-66-63-60-57-54-51-49-47-45-43-41-39-37-35-33-31-29-26-23-20-17-14-11-8-2/h10-11,13-14,19-20,22-23,28-31,34-37,40-43,47,49,67,70,76-77H,7-9,12,15-18,21,24-27,32-33,38-39,44-46,48,50-66,68-69,71-75H2,1-6H3,(H-,80,82,84,85)/b13-10-,14-11-,22-19-,23-20-,30-28-,31-29-,36-34-,37-35-,42-40-,43-41-,49-47-,70-67+. The molecular weight excluding hydrogens is 1120 g/mol. The number of rotatable bonds is 64. The first-order chi connectivity index (χ1) is 43.4. The Morgan fingerprint density at radius 2 is 0.719 bits per heavy atom. The van der Waals surface area contributed by atoms with E-state index in [-0.39, 0.29) is 24.9 Å². The van der Waals surface area contributed by atoms with Crippen molar-refractivity contribution in [2.75, 3.05) is 40.9 Å². The van der Waals surface area contributed by atoms with Crippen LogP contribution in [0.2, 0.25) is 0 Å². The number of phosphoric ester groups is 1. The van der Waals surface area contributed by atoms with Gasteiger partial charge in [-0.05, 0) is 128 Å². The van der Waals surface area contributed by atoms with Crippen molar-refractivity contribution >= 4 is 19.7 Å². The summed E-state index contributed by atoms with van der Waals surface area (Å²) in [5.41, 5.74) is 0. The van der Waals surface area contributed by atoms with Gasteiger partial charge in [-0.2, -0.15) is 0 Å². The molecule has 0 fully saturated rings. The van der Waals surface area contributed by atoms with Gasteiger partial charge in [0.05, 0.1) is 33.8 Å². The van der Waals surface area contributed by atoms with E-state index >= 15 is 0 Å². The first kappa shape index (κ1) is 84.9. The molecule has 0 rings (SSSR count). The molecule has 3 atom stereocenters. The maximum absolute atomic E-state index is 13.6. The Morgan fingerprint density at radius 1 is 0.404 bits per heavy atom. The van der Waals surface area contributed by atoms with Gasteiger partial charge in [-0.3, -0.25) is 14.2 Å². The average Bonchev–Trinajstić information content (AvgIpc) is 3.54. The molecule has 508 valence electrons. The predicted octanol–water partition coefficient (Wildman–Crippen LogP) is 22.7. The van der Waals surface area contributed by atoms with Crippen molar-refractivity contribution in [1.82, 2.24) is 5.32 Å². The number of hydrogen-bond donors (Lipinski definition) is 1. The number of nitrogens with one attached hydrogen (secondary N) is 1. The van der Waals surface area contributed by atoms with Gasteiger partial charge in [0.2, 0.25) is 5.91 Å². The van der Waals surface area contributed by atoms with E-state index < -0.39 is 26.6 Å². The Bertz CT molecular complexity index is 2030. The van der Waals surface area contributed by atoms with Gasteiger partial charge in [-0.15, -0.1) is 0 Å². The van der Waals surface area contributed by atoms with E-state index in [9.17, 15) is 19.0 Å². The Balaban J connectivity index is 5.17.